The van der Waals surface area contributed by atoms with Gasteiger partial charge in [-0.2, -0.15) is 0 Å². The predicted octanol–water partition coefficient (Wildman–Crippen LogP) is 2.39. The smallest absolute Gasteiger partial charge is 0.309 e. The zero-order valence-electron chi connectivity index (χ0n) is 10.2. The minimum Gasteiger partial charge on any atom is -0.481 e. The fraction of sp³-hybridized carbons (Fsp3) is 0.154. The lowest BCUT2D eigenvalue weighted by molar-refractivity contribution is -0.136. The Balaban J connectivity index is 2.26. The van der Waals surface area contributed by atoms with Gasteiger partial charge >= 0.3 is 5.97 Å². The number of carbonyl (C=O) groups is 1. The Hall–Kier alpha value is -2.21. The van der Waals surface area contributed by atoms with Crippen LogP contribution < -0.4 is 0 Å². The second kappa shape index (κ2) is 4.47. The summed E-state index contributed by atoms with van der Waals surface area (Å²) in [5.41, 5.74) is 3.03. The minimum atomic E-state index is -0.871. The molecule has 3 aromatic rings. The molecule has 96 valence electrons. The van der Waals surface area contributed by atoms with Crippen molar-refractivity contribution in [2.24, 2.45) is 0 Å². The predicted molar refractivity (Wildman–Crippen MR) is 72.4 cm³/mol. The van der Waals surface area contributed by atoms with E-state index in [1.54, 1.807) is 6.20 Å². The van der Waals surface area contributed by atoms with E-state index in [1.165, 1.54) is 11.3 Å². The van der Waals surface area contributed by atoms with Crippen LogP contribution in [0.3, 0.4) is 0 Å². The van der Waals surface area contributed by atoms with Gasteiger partial charge in [-0.1, -0.05) is 6.07 Å². The molecule has 0 aliphatic rings. The number of pyridine rings is 1. The van der Waals surface area contributed by atoms with Gasteiger partial charge in [0, 0.05) is 17.3 Å². The van der Waals surface area contributed by atoms with Gasteiger partial charge in [0.05, 0.1) is 17.8 Å². The first-order valence-corrected chi connectivity index (χ1v) is 6.63. The number of hydrogen-bond acceptors (Lipinski definition) is 4. The molecule has 0 aromatic carbocycles. The molecular weight excluding hydrogens is 262 g/mol. The van der Waals surface area contributed by atoms with E-state index < -0.39 is 5.97 Å². The molecule has 3 rings (SSSR count). The Labute approximate surface area is 113 Å². The zero-order chi connectivity index (χ0) is 13.4. The molecule has 0 spiro atoms. The van der Waals surface area contributed by atoms with Crippen LogP contribution in [-0.4, -0.2) is 25.4 Å². The summed E-state index contributed by atoms with van der Waals surface area (Å²) in [4.78, 5) is 20.6. The molecule has 3 heterocycles. The molecular formula is C13H11N3O2S. The molecule has 1 N–H and O–H groups in total. The van der Waals surface area contributed by atoms with Crippen molar-refractivity contribution in [3.8, 4) is 11.4 Å². The lowest BCUT2D eigenvalue weighted by Crippen LogP contribution is -2.05. The first-order chi connectivity index (χ1) is 9.16. The monoisotopic (exact) mass is 273 g/mol. The number of aliphatic carboxylic acids is 1. The van der Waals surface area contributed by atoms with Crippen molar-refractivity contribution in [3.05, 3.63) is 41.2 Å². The maximum absolute atomic E-state index is 11.1. The molecule has 5 nitrogen and oxygen atoms in total. The van der Waals surface area contributed by atoms with Crippen molar-refractivity contribution in [3.63, 3.8) is 0 Å². The SMILES string of the molecule is Cc1csc2nc(-c3ccccn3)c(CC(=O)O)n12. The van der Waals surface area contributed by atoms with E-state index in [9.17, 15) is 4.79 Å². The minimum absolute atomic E-state index is 0.0648. The Bertz CT molecular complexity index is 746. The van der Waals surface area contributed by atoms with E-state index in [4.69, 9.17) is 5.11 Å². The molecule has 0 bridgehead atoms. The number of imidazole rings is 1. The first kappa shape index (κ1) is 11.9. The molecule has 0 aliphatic heterocycles. The van der Waals surface area contributed by atoms with Gasteiger partial charge in [-0.3, -0.25) is 14.2 Å². The van der Waals surface area contributed by atoms with E-state index in [1.807, 2.05) is 34.9 Å². The third kappa shape index (κ3) is 2.00. The van der Waals surface area contributed by atoms with Crippen molar-refractivity contribution in [2.75, 3.05) is 0 Å². The van der Waals surface area contributed by atoms with Crippen LogP contribution in [0.25, 0.3) is 16.3 Å². The average Bonchev–Trinajstić information content (AvgIpc) is 2.92. The molecule has 3 aromatic heterocycles. The standard InChI is InChI=1S/C13H11N3O2S/c1-8-7-19-13-15-12(9-4-2-3-5-14-9)10(16(8)13)6-11(17)18/h2-5,7H,6H2,1H3,(H,17,18). The third-order valence-electron chi connectivity index (χ3n) is 2.86. The van der Waals surface area contributed by atoms with E-state index >= 15 is 0 Å². The van der Waals surface area contributed by atoms with Crippen molar-refractivity contribution in [2.45, 2.75) is 13.3 Å². The summed E-state index contributed by atoms with van der Waals surface area (Å²) in [6.45, 7) is 1.94. The lowest BCUT2D eigenvalue weighted by Gasteiger charge is -2.02. The van der Waals surface area contributed by atoms with Crippen LogP contribution in [0.5, 0.6) is 0 Å². The highest BCUT2D eigenvalue weighted by atomic mass is 32.1. The zero-order valence-corrected chi connectivity index (χ0v) is 11.0. The van der Waals surface area contributed by atoms with E-state index in [0.717, 1.165) is 10.7 Å². The second-order valence-corrected chi connectivity index (χ2v) is 5.02. The van der Waals surface area contributed by atoms with Crippen LogP contribution in [0.15, 0.2) is 29.8 Å². The Morgan fingerprint density at radius 3 is 3.00 bits per heavy atom. The molecule has 19 heavy (non-hydrogen) atoms. The van der Waals surface area contributed by atoms with Crippen LogP contribution in [0.1, 0.15) is 11.4 Å². The highest BCUT2D eigenvalue weighted by Gasteiger charge is 2.19. The number of carboxylic acid groups (broad SMARTS) is 1. The number of hydrogen-bond donors (Lipinski definition) is 1. The number of carboxylic acids is 1. The van der Waals surface area contributed by atoms with Crippen LogP contribution in [0, 0.1) is 6.92 Å². The van der Waals surface area contributed by atoms with Crippen molar-refractivity contribution < 1.29 is 9.90 Å². The largest absolute Gasteiger partial charge is 0.481 e. The molecule has 0 amide bonds. The maximum atomic E-state index is 11.1. The fourth-order valence-corrected chi connectivity index (χ4v) is 2.96. The quantitative estimate of drug-likeness (QED) is 0.795. The molecule has 6 heteroatoms. The van der Waals surface area contributed by atoms with Crippen molar-refractivity contribution in [1.29, 1.82) is 0 Å². The maximum Gasteiger partial charge on any atom is 0.309 e. The number of fused-ring (bicyclic) bond motifs is 1. The normalized spacial score (nSPS) is 11.0. The third-order valence-corrected chi connectivity index (χ3v) is 3.80. The van der Waals surface area contributed by atoms with Gasteiger partial charge in [0.25, 0.3) is 0 Å². The Kier molecular flexibility index (Phi) is 2.79. The molecule has 0 aliphatic carbocycles. The van der Waals surface area contributed by atoms with Crippen LogP contribution >= 0.6 is 11.3 Å². The summed E-state index contributed by atoms with van der Waals surface area (Å²) in [6, 6.07) is 5.53. The van der Waals surface area contributed by atoms with Gasteiger partial charge in [0.1, 0.15) is 5.69 Å². The number of nitrogens with zero attached hydrogens (tertiary/aromatic N) is 3. The summed E-state index contributed by atoms with van der Waals surface area (Å²) in [5, 5.41) is 11.1. The highest BCUT2D eigenvalue weighted by molar-refractivity contribution is 7.15. The van der Waals surface area contributed by atoms with E-state index in [0.29, 0.717) is 17.1 Å². The van der Waals surface area contributed by atoms with Gasteiger partial charge in [-0.25, -0.2) is 4.98 Å². The molecule has 0 saturated carbocycles. The summed E-state index contributed by atoms with van der Waals surface area (Å²) < 4.78 is 1.89. The lowest BCUT2D eigenvalue weighted by atomic mass is 10.2. The average molecular weight is 273 g/mol. The Morgan fingerprint density at radius 2 is 2.32 bits per heavy atom. The van der Waals surface area contributed by atoms with Crippen molar-refractivity contribution in [1.82, 2.24) is 14.4 Å². The molecule has 0 radical (unpaired) electrons. The number of thiazole rings is 1. The summed E-state index contributed by atoms with van der Waals surface area (Å²) in [6.07, 6.45) is 1.62. The van der Waals surface area contributed by atoms with Gasteiger partial charge in [-0.15, -0.1) is 11.3 Å². The molecule has 0 unspecified atom stereocenters. The van der Waals surface area contributed by atoms with Crippen LogP contribution in [0.2, 0.25) is 0 Å². The summed E-state index contributed by atoms with van der Waals surface area (Å²) in [5.74, 6) is -0.871. The van der Waals surface area contributed by atoms with E-state index in [-0.39, 0.29) is 6.42 Å². The number of rotatable bonds is 3. The first-order valence-electron chi connectivity index (χ1n) is 5.75. The Morgan fingerprint density at radius 1 is 1.47 bits per heavy atom. The number of aryl methyl sites for hydroxylation is 1. The molecule has 0 atom stereocenters. The second-order valence-electron chi connectivity index (χ2n) is 4.19. The molecule has 0 fully saturated rings. The topological polar surface area (TPSA) is 67.5 Å². The van der Waals surface area contributed by atoms with Crippen LogP contribution in [0.4, 0.5) is 0 Å². The summed E-state index contributed by atoms with van der Waals surface area (Å²) >= 11 is 1.50. The summed E-state index contributed by atoms with van der Waals surface area (Å²) in [7, 11) is 0. The van der Waals surface area contributed by atoms with Gasteiger partial charge in [0.2, 0.25) is 0 Å². The molecule has 0 saturated heterocycles. The fourth-order valence-electron chi connectivity index (χ4n) is 2.08. The van der Waals surface area contributed by atoms with Gasteiger partial charge in [-0.05, 0) is 19.1 Å². The number of aromatic nitrogens is 3. The van der Waals surface area contributed by atoms with Crippen LogP contribution in [-0.2, 0) is 11.2 Å². The van der Waals surface area contributed by atoms with Crippen molar-refractivity contribution >= 4 is 22.3 Å². The highest BCUT2D eigenvalue weighted by Crippen LogP contribution is 2.27. The van der Waals surface area contributed by atoms with Gasteiger partial charge in [0.15, 0.2) is 4.96 Å². The van der Waals surface area contributed by atoms with E-state index in [2.05, 4.69) is 9.97 Å². The van der Waals surface area contributed by atoms with Gasteiger partial charge < -0.3 is 5.11 Å².